The van der Waals surface area contributed by atoms with Crippen molar-refractivity contribution in [2.24, 2.45) is 17.8 Å². The average molecular weight is 475 g/mol. The number of benzene rings is 2. The quantitative estimate of drug-likeness (QED) is 0.285. The summed E-state index contributed by atoms with van der Waals surface area (Å²) >= 11 is 0. The molecule has 180 valence electrons. The van der Waals surface area contributed by atoms with Crippen molar-refractivity contribution in [1.29, 1.82) is 0 Å². The maximum Gasteiger partial charge on any atom is 0.316 e. The number of nitrogens with zero attached hydrogens (tertiary/aromatic N) is 2. The highest BCUT2D eigenvalue weighted by Gasteiger charge is 2.48. The number of imide groups is 1. The summed E-state index contributed by atoms with van der Waals surface area (Å²) in [6, 6.07) is 13.5. The van der Waals surface area contributed by atoms with Crippen LogP contribution < -0.4 is 19.3 Å². The van der Waals surface area contributed by atoms with Crippen molar-refractivity contribution in [1.82, 2.24) is 0 Å². The zero-order chi connectivity index (χ0) is 24.7. The maximum atomic E-state index is 13.0. The van der Waals surface area contributed by atoms with E-state index in [-0.39, 0.29) is 48.3 Å². The number of esters is 1. The number of amides is 3. The molecular formula is C27H26N2O6. The molecule has 2 saturated heterocycles. The smallest absolute Gasteiger partial charge is 0.316 e. The average Bonchev–Trinajstić information content (AvgIpc) is 3.36. The number of anilines is 2. The van der Waals surface area contributed by atoms with Crippen LogP contribution in [0, 0.1) is 17.8 Å². The Morgan fingerprint density at radius 2 is 1.66 bits per heavy atom. The summed E-state index contributed by atoms with van der Waals surface area (Å²) in [4.78, 5) is 54.1. The second-order valence-electron chi connectivity index (χ2n) is 9.24. The molecule has 8 nitrogen and oxygen atoms in total. The Hall–Kier alpha value is -3.94. The van der Waals surface area contributed by atoms with Crippen molar-refractivity contribution in [3.05, 3.63) is 60.2 Å². The summed E-state index contributed by atoms with van der Waals surface area (Å²) in [5, 5.41) is 0. The van der Waals surface area contributed by atoms with Gasteiger partial charge in [0.1, 0.15) is 11.5 Å². The molecule has 35 heavy (non-hydrogen) atoms. The van der Waals surface area contributed by atoms with Gasteiger partial charge in [0.15, 0.2) is 0 Å². The highest BCUT2D eigenvalue weighted by molar-refractivity contribution is 6.22. The van der Waals surface area contributed by atoms with Crippen LogP contribution in [0.4, 0.5) is 11.4 Å². The summed E-state index contributed by atoms with van der Waals surface area (Å²) in [5.74, 6) is -1.52. The molecule has 0 spiro atoms. The minimum Gasteiger partial charge on any atom is -0.497 e. The Morgan fingerprint density at radius 1 is 0.914 bits per heavy atom. The molecule has 2 heterocycles. The molecule has 5 rings (SSSR count). The third-order valence-electron chi connectivity index (χ3n) is 6.96. The Labute approximate surface area is 203 Å². The van der Waals surface area contributed by atoms with Crippen molar-refractivity contribution in [2.75, 3.05) is 23.5 Å². The van der Waals surface area contributed by atoms with Gasteiger partial charge >= 0.3 is 5.97 Å². The van der Waals surface area contributed by atoms with Crippen molar-refractivity contribution in [3.8, 4) is 11.5 Å². The van der Waals surface area contributed by atoms with Gasteiger partial charge in [-0.3, -0.25) is 19.2 Å². The molecule has 3 aliphatic rings. The molecule has 0 aromatic heterocycles. The second-order valence-corrected chi connectivity index (χ2v) is 9.24. The van der Waals surface area contributed by atoms with Gasteiger partial charge in [0.05, 0.1) is 30.6 Å². The Bertz CT molecular complexity index is 1230. The van der Waals surface area contributed by atoms with Gasteiger partial charge < -0.3 is 14.4 Å². The van der Waals surface area contributed by atoms with E-state index in [2.05, 4.69) is 0 Å². The first-order valence-electron chi connectivity index (χ1n) is 11.7. The van der Waals surface area contributed by atoms with E-state index in [0.29, 0.717) is 30.0 Å². The molecule has 2 aromatic rings. The first kappa shape index (κ1) is 22.8. The van der Waals surface area contributed by atoms with E-state index in [1.165, 1.54) is 11.0 Å². The van der Waals surface area contributed by atoms with Crippen LogP contribution in [0.2, 0.25) is 0 Å². The van der Waals surface area contributed by atoms with Gasteiger partial charge in [0, 0.05) is 24.7 Å². The van der Waals surface area contributed by atoms with Crippen molar-refractivity contribution in [2.45, 2.75) is 26.2 Å². The first-order chi connectivity index (χ1) is 16.9. The van der Waals surface area contributed by atoms with Crippen LogP contribution in [0.15, 0.2) is 60.2 Å². The summed E-state index contributed by atoms with van der Waals surface area (Å²) in [6.45, 7) is 2.18. The number of hydrogen-bond acceptors (Lipinski definition) is 6. The zero-order valence-electron chi connectivity index (χ0n) is 19.6. The Morgan fingerprint density at radius 3 is 2.40 bits per heavy atom. The van der Waals surface area contributed by atoms with Gasteiger partial charge in [0.2, 0.25) is 17.7 Å². The molecule has 0 radical (unpaired) electrons. The molecule has 8 heteroatoms. The van der Waals surface area contributed by atoms with Crippen LogP contribution in [0.3, 0.4) is 0 Å². The van der Waals surface area contributed by atoms with Gasteiger partial charge in [-0.25, -0.2) is 4.90 Å². The van der Waals surface area contributed by atoms with Crippen LogP contribution in [0.1, 0.15) is 26.2 Å². The Kier molecular flexibility index (Phi) is 5.88. The number of rotatable bonds is 5. The summed E-state index contributed by atoms with van der Waals surface area (Å²) in [6.07, 6.45) is 3.21. The molecule has 0 saturated carbocycles. The molecular weight excluding hydrogens is 448 g/mol. The number of ether oxygens (including phenoxy) is 2. The minimum absolute atomic E-state index is 0.0450. The van der Waals surface area contributed by atoms with E-state index in [1.54, 1.807) is 54.5 Å². The van der Waals surface area contributed by atoms with Crippen molar-refractivity contribution < 1.29 is 28.7 Å². The molecule has 2 aliphatic heterocycles. The van der Waals surface area contributed by atoms with E-state index in [4.69, 9.17) is 9.47 Å². The lowest BCUT2D eigenvalue weighted by Crippen LogP contribution is -2.31. The monoisotopic (exact) mass is 474 g/mol. The van der Waals surface area contributed by atoms with Gasteiger partial charge in [0.25, 0.3) is 0 Å². The Balaban J connectivity index is 1.28. The fourth-order valence-corrected chi connectivity index (χ4v) is 5.05. The first-order valence-corrected chi connectivity index (χ1v) is 11.7. The van der Waals surface area contributed by atoms with E-state index >= 15 is 0 Å². The van der Waals surface area contributed by atoms with Gasteiger partial charge in [-0.1, -0.05) is 17.7 Å². The summed E-state index contributed by atoms with van der Waals surface area (Å²) in [7, 11) is 1.57. The number of fused-ring (bicyclic) bond motifs is 1. The molecule has 2 aromatic carbocycles. The maximum absolute atomic E-state index is 13.0. The molecule has 0 N–H and O–H groups in total. The van der Waals surface area contributed by atoms with E-state index < -0.39 is 11.9 Å². The standard InChI is InChI=1S/C27H26N2O6/c1-16-6-11-22-23(12-16)26(32)29(25(22)31)19-4-3-5-21(14-19)35-27(33)17-13-24(30)28(15-17)18-7-9-20(34-2)10-8-18/h3-10,14,17,22-23H,11-13,15H2,1-2H3/t17-,22-,23-/m1/s1. The lowest BCUT2D eigenvalue weighted by molar-refractivity contribution is -0.139. The lowest BCUT2D eigenvalue weighted by atomic mass is 9.82. The molecule has 2 fully saturated rings. The molecule has 0 bridgehead atoms. The van der Waals surface area contributed by atoms with E-state index in [1.807, 2.05) is 13.0 Å². The van der Waals surface area contributed by atoms with Crippen molar-refractivity contribution >= 4 is 35.1 Å². The highest BCUT2D eigenvalue weighted by atomic mass is 16.5. The largest absolute Gasteiger partial charge is 0.497 e. The van der Waals surface area contributed by atoms with Crippen LogP contribution >= 0.6 is 0 Å². The molecule has 3 amide bonds. The number of allylic oxidation sites excluding steroid dienone is 2. The van der Waals surface area contributed by atoms with Gasteiger partial charge in [-0.05, 0) is 56.2 Å². The van der Waals surface area contributed by atoms with Crippen LogP contribution in [-0.4, -0.2) is 37.3 Å². The predicted molar refractivity (Wildman–Crippen MR) is 128 cm³/mol. The van der Waals surface area contributed by atoms with Crippen LogP contribution in [-0.2, 0) is 19.2 Å². The molecule has 3 atom stereocenters. The van der Waals surface area contributed by atoms with Crippen LogP contribution in [0.5, 0.6) is 11.5 Å². The predicted octanol–water partition coefficient (Wildman–Crippen LogP) is 3.50. The van der Waals surface area contributed by atoms with E-state index in [0.717, 1.165) is 5.57 Å². The van der Waals surface area contributed by atoms with Crippen LogP contribution in [0.25, 0.3) is 0 Å². The number of carbonyl (C=O) groups is 4. The zero-order valence-corrected chi connectivity index (χ0v) is 19.6. The SMILES string of the molecule is COc1ccc(N2C[C@H](C(=O)Oc3cccc(N4C(=O)[C@@H]5CC=C(C)C[C@H]5C4=O)c3)CC2=O)cc1. The summed E-state index contributed by atoms with van der Waals surface area (Å²) in [5.41, 5.74) is 2.19. The van der Waals surface area contributed by atoms with Crippen molar-refractivity contribution in [3.63, 3.8) is 0 Å². The summed E-state index contributed by atoms with van der Waals surface area (Å²) < 4.78 is 10.7. The lowest BCUT2D eigenvalue weighted by Gasteiger charge is -2.18. The minimum atomic E-state index is -0.625. The third kappa shape index (κ3) is 4.20. The number of carbonyl (C=O) groups excluding carboxylic acids is 4. The van der Waals surface area contributed by atoms with Gasteiger partial charge in [-0.2, -0.15) is 0 Å². The number of hydrogen-bond donors (Lipinski definition) is 0. The number of methoxy groups -OCH3 is 1. The molecule has 1 aliphatic carbocycles. The highest BCUT2D eigenvalue weighted by Crippen LogP contribution is 2.40. The van der Waals surface area contributed by atoms with E-state index in [9.17, 15) is 19.2 Å². The molecule has 0 unspecified atom stereocenters. The topological polar surface area (TPSA) is 93.2 Å². The van der Waals surface area contributed by atoms with Gasteiger partial charge in [-0.15, -0.1) is 0 Å². The normalized spacial score (nSPS) is 23.9. The third-order valence-corrected chi connectivity index (χ3v) is 6.96. The second kappa shape index (κ2) is 9.02. The fourth-order valence-electron chi connectivity index (χ4n) is 5.05. The fraction of sp³-hybridized carbons (Fsp3) is 0.333.